The molecule has 0 radical (unpaired) electrons. The molecule has 3 heterocycles. The number of likely N-dealkylation sites (tertiary alicyclic amines) is 1. The van der Waals surface area contributed by atoms with E-state index in [1.807, 2.05) is 11.9 Å². The molecule has 0 spiro atoms. The molecule has 152 valence electrons. The van der Waals surface area contributed by atoms with Crippen molar-refractivity contribution in [3.8, 4) is 11.8 Å². The van der Waals surface area contributed by atoms with Crippen LogP contribution in [-0.2, 0) is 6.42 Å². The second-order valence-corrected chi connectivity index (χ2v) is 7.08. The van der Waals surface area contributed by atoms with Gasteiger partial charge in [0.15, 0.2) is 5.65 Å². The van der Waals surface area contributed by atoms with Gasteiger partial charge in [0.2, 0.25) is 0 Å². The summed E-state index contributed by atoms with van der Waals surface area (Å²) in [5.41, 5.74) is 0.545. The number of aliphatic hydroxyl groups is 1. The second-order valence-electron chi connectivity index (χ2n) is 7.08. The molecule has 0 amide bonds. The number of hydrogen-bond acceptors (Lipinski definition) is 4. The van der Waals surface area contributed by atoms with Gasteiger partial charge < -0.3 is 19.7 Å². The van der Waals surface area contributed by atoms with Gasteiger partial charge in [0.25, 0.3) is 0 Å². The molecular weight excluding hydrogens is 376 g/mol. The number of halogens is 4. The monoisotopic (exact) mass is 398 g/mol. The highest BCUT2D eigenvalue weighted by atomic mass is 19.4. The van der Waals surface area contributed by atoms with Gasteiger partial charge in [-0.05, 0) is 38.4 Å². The number of nitrogens with one attached hydrogen (secondary N) is 1. The number of anilines is 1. The lowest BCUT2D eigenvalue weighted by atomic mass is 10.0. The highest BCUT2D eigenvalue weighted by Gasteiger charge is 2.32. The van der Waals surface area contributed by atoms with E-state index < -0.39 is 30.9 Å². The van der Waals surface area contributed by atoms with Gasteiger partial charge in [-0.3, -0.25) is 0 Å². The average molecular weight is 398 g/mol. The van der Waals surface area contributed by atoms with E-state index in [-0.39, 0.29) is 17.0 Å². The molecule has 2 aromatic rings. The summed E-state index contributed by atoms with van der Waals surface area (Å²) >= 11 is 0. The molecule has 2 aromatic heterocycles. The van der Waals surface area contributed by atoms with Gasteiger partial charge in [-0.25, -0.2) is 9.37 Å². The summed E-state index contributed by atoms with van der Waals surface area (Å²) in [6.07, 6.45) is -5.70. The molecule has 0 unspecified atom stereocenters. The van der Waals surface area contributed by atoms with Crippen LogP contribution < -0.4 is 5.32 Å². The Kier molecular flexibility index (Phi) is 5.82. The number of piperidine rings is 1. The van der Waals surface area contributed by atoms with E-state index in [4.69, 9.17) is 0 Å². The van der Waals surface area contributed by atoms with Crippen molar-refractivity contribution in [1.29, 1.82) is 0 Å². The van der Waals surface area contributed by atoms with Crippen molar-refractivity contribution < 1.29 is 22.7 Å². The molecule has 3 atom stereocenters. The Morgan fingerprint density at radius 2 is 2.18 bits per heavy atom. The predicted molar refractivity (Wildman–Crippen MR) is 97.9 cm³/mol. The highest BCUT2D eigenvalue weighted by molar-refractivity contribution is 5.70. The van der Waals surface area contributed by atoms with Gasteiger partial charge in [0.1, 0.15) is 18.0 Å². The first-order valence-corrected chi connectivity index (χ1v) is 8.99. The molecule has 0 aliphatic carbocycles. The Hall–Kier alpha value is -2.31. The van der Waals surface area contributed by atoms with Crippen LogP contribution in [0.4, 0.5) is 23.2 Å². The molecule has 3 rings (SSSR count). The van der Waals surface area contributed by atoms with E-state index in [9.17, 15) is 22.7 Å². The molecule has 1 aliphatic heterocycles. The van der Waals surface area contributed by atoms with E-state index in [1.165, 1.54) is 17.5 Å². The Balaban J connectivity index is 2.01. The van der Waals surface area contributed by atoms with Gasteiger partial charge in [0, 0.05) is 19.3 Å². The maximum atomic E-state index is 14.4. The molecule has 1 aliphatic rings. The molecule has 9 heteroatoms. The van der Waals surface area contributed by atoms with Crippen molar-refractivity contribution in [2.75, 3.05) is 25.5 Å². The first kappa shape index (κ1) is 20.4. The Morgan fingerprint density at radius 1 is 1.43 bits per heavy atom. The zero-order chi connectivity index (χ0) is 20.5. The number of rotatable bonds is 3. The standard InChI is InChI=1S/C19H22F4N4O/c1-12(28)5-6-15-17(10-19(21,22)23)27-8-3-4-16(18(27)25-15)24-14-7-9-26(2)11-13(14)20/h3-4,8,12-14,24,28H,7,9-11H2,1-2H3/t12-,13+,14-/m1/s1. The molecule has 1 saturated heterocycles. The van der Waals surface area contributed by atoms with Gasteiger partial charge >= 0.3 is 6.18 Å². The van der Waals surface area contributed by atoms with Crippen molar-refractivity contribution >= 4 is 11.3 Å². The second kappa shape index (κ2) is 7.97. The van der Waals surface area contributed by atoms with Crippen molar-refractivity contribution in [3.63, 3.8) is 0 Å². The zero-order valence-electron chi connectivity index (χ0n) is 15.6. The van der Waals surface area contributed by atoms with Crippen LogP contribution in [0.3, 0.4) is 0 Å². The van der Waals surface area contributed by atoms with Crippen LogP contribution in [-0.4, -0.2) is 64.0 Å². The summed E-state index contributed by atoms with van der Waals surface area (Å²) in [6.45, 7) is 2.43. The molecule has 5 nitrogen and oxygen atoms in total. The SMILES string of the molecule is C[C@@H](O)C#Cc1nc2c(N[C@@H]3CCN(C)C[C@@H]3F)cccn2c1CC(F)(F)F. The van der Waals surface area contributed by atoms with Crippen LogP contribution in [0.5, 0.6) is 0 Å². The average Bonchev–Trinajstić information content (AvgIpc) is 2.92. The van der Waals surface area contributed by atoms with Gasteiger partial charge in [-0.2, -0.15) is 13.2 Å². The summed E-state index contributed by atoms with van der Waals surface area (Å²) in [4.78, 5) is 6.15. The number of hydrogen-bond donors (Lipinski definition) is 2. The van der Waals surface area contributed by atoms with Crippen molar-refractivity contribution in [1.82, 2.24) is 14.3 Å². The van der Waals surface area contributed by atoms with Crippen LogP contribution in [0, 0.1) is 11.8 Å². The number of pyridine rings is 1. The maximum absolute atomic E-state index is 14.4. The largest absolute Gasteiger partial charge is 0.394 e. The topological polar surface area (TPSA) is 52.8 Å². The van der Waals surface area contributed by atoms with Crippen LogP contribution in [0.1, 0.15) is 24.7 Å². The summed E-state index contributed by atoms with van der Waals surface area (Å²) in [5.74, 6) is 4.97. The van der Waals surface area contributed by atoms with E-state index in [1.54, 1.807) is 12.1 Å². The van der Waals surface area contributed by atoms with Crippen LogP contribution in [0.2, 0.25) is 0 Å². The van der Waals surface area contributed by atoms with Crippen molar-refractivity contribution in [3.05, 3.63) is 29.7 Å². The lowest BCUT2D eigenvalue weighted by molar-refractivity contribution is -0.128. The fraction of sp³-hybridized carbons (Fsp3) is 0.526. The molecule has 28 heavy (non-hydrogen) atoms. The Morgan fingerprint density at radius 3 is 2.82 bits per heavy atom. The molecule has 0 aromatic carbocycles. The zero-order valence-corrected chi connectivity index (χ0v) is 15.6. The quantitative estimate of drug-likeness (QED) is 0.617. The third kappa shape index (κ3) is 4.75. The lowest BCUT2D eigenvalue weighted by Gasteiger charge is -2.33. The number of aromatic nitrogens is 2. The molecule has 1 fully saturated rings. The predicted octanol–water partition coefficient (Wildman–Crippen LogP) is 2.63. The number of aliphatic hydroxyl groups excluding tert-OH is 1. The number of nitrogens with zero attached hydrogens (tertiary/aromatic N) is 3. The van der Waals surface area contributed by atoms with Crippen LogP contribution >= 0.6 is 0 Å². The smallest absolute Gasteiger partial charge is 0.381 e. The van der Waals surface area contributed by atoms with Gasteiger partial charge in [-0.15, -0.1) is 0 Å². The lowest BCUT2D eigenvalue weighted by Crippen LogP contribution is -2.46. The molecule has 0 saturated carbocycles. The fourth-order valence-corrected chi connectivity index (χ4v) is 3.28. The van der Waals surface area contributed by atoms with Crippen LogP contribution in [0.15, 0.2) is 18.3 Å². The van der Waals surface area contributed by atoms with E-state index in [0.29, 0.717) is 18.7 Å². The van der Waals surface area contributed by atoms with Crippen molar-refractivity contribution in [2.45, 2.75) is 44.3 Å². The van der Waals surface area contributed by atoms with E-state index >= 15 is 0 Å². The molecule has 2 N–H and O–H groups in total. The fourth-order valence-electron chi connectivity index (χ4n) is 3.28. The summed E-state index contributed by atoms with van der Waals surface area (Å²) < 4.78 is 54.9. The Bertz CT molecular complexity index is 897. The van der Waals surface area contributed by atoms with Crippen molar-refractivity contribution in [2.24, 2.45) is 0 Å². The summed E-state index contributed by atoms with van der Waals surface area (Å²) in [7, 11) is 1.84. The third-order valence-corrected chi connectivity index (χ3v) is 4.60. The minimum atomic E-state index is -4.45. The van der Waals surface area contributed by atoms with Gasteiger partial charge in [-0.1, -0.05) is 5.92 Å². The maximum Gasteiger partial charge on any atom is 0.394 e. The minimum Gasteiger partial charge on any atom is -0.381 e. The first-order valence-electron chi connectivity index (χ1n) is 8.99. The van der Waals surface area contributed by atoms with E-state index in [2.05, 4.69) is 22.1 Å². The molecular formula is C19H22F4N4O. The third-order valence-electron chi connectivity index (χ3n) is 4.60. The minimum absolute atomic E-state index is 0.0485. The van der Waals surface area contributed by atoms with E-state index in [0.717, 1.165) is 6.54 Å². The summed E-state index contributed by atoms with van der Waals surface area (Å²) in [5, 5.41) is 12.4. The van der Waals surface area contributed by atoms with Crippen LogP contribution in [0.25, 0.3) is 5.65 Å². The highest BCUT2D eigenvalue weighted by Crippen LogP contribution is 2.28. The summed E-state index contributed by atoms with van der Waals surface area (Å²) in [6, 6.07) is 2.80. The Labute approximate surface area is 160 Å². The molecule has 0 bridgehead atoms. The number of fused-ring (bicyclic) bond motifs is 1. The normalized spacial score (nSPS) is 22.0. The number of alkyl halides is 4. The first-order chi connectivity index (χ1) is 13.1. The van der Waals surface area contributed by atoms with Gasteiger partial charge in [0.05, 0.1) is 23.8 Å². The number of imidazole rings is 1.